The standard InChI is InChI=1S/C14H12BrNO3/c1-9-11(7-10-5-3-2-4-6-10)14(17)12(15)8-13(9)16(18)19/h2-6,8,17H,7H2,1H3. The fraction of sp³-hybridized carbons (Fsp3) is 0.143. The molecule has 1 N–H and O–H groups in total. The molecule has 0 atom stereocenters. The van der Waals surface area contributed by atoms with Crippen LogP contribution in [0.5, 0.6) is 5.75 Å². The van der Waals surface area contributed by atoms with Crippen LogP contribution in [0.3, 0.4) is 0 Å². The van der Waals surface area contributed by atoms with Crippen LogP contribution in [-0.2, 0) is 6.42 Å². The van der Waals surface area contributed by atoms with E-state index in [1.807, 2.05) is 30.3 Å². The molecule has 0 spiro atoms. The van der Waals surface area contributed by atoms with Crippen LogP contribution >= 0.6 is 15.9 Å². The molecular weight excluding hydrogens is 310 g/mol. The van der Waals surface area contributed by atoms with Gasteiger partial charge in [0.2, 0.25) is 0 Å². The van der Waals surface area contributed by atoms with E-state index in [2.05, 4.69) is 15.9 Å². The number of hydrogen-bond acceptors (Lipinski definition) is 3. The average Bonchev–Trinajstić information content (AvgIpc) is 2.40. The minimum Gasteiger partial charge on any atom is -0.506 e. The molecule has 0 aliphatic heterocycles. The van der Waals surface area contributed by atoms with Gasteiger partial charge in [0.25, 0.3) is 5.69 Å². The molecule has 4 nitrogen and oxygen atoms in total. The van der Waals surface area contributed by atoms with Gasteiger partial charge in [-0.3, -0.25) is 10.1 Å². The molecule has 0 saturated carbocycles. The molecule has 0 unspecified atom stereocenters. The van der Waals surface area contributed by atoms with Crippen LogP contribution in [0.2, 0.25) is 0 Å². The average molecular weight is 322 g/mol. The highest BCUT2D eigenvalue weighted by molar-refractivity contribution is 9.10. The molecule has 19 heavy (non-hydrogen) atoms. The molecule has 2 rings (SSSR count). The van der Waals surface area contributed by atoms with Crippen molar-refractivity contribution in [1.29, 1.82) is 0 Å². The normalized spacial score (nSPS) is 10.4. The number of phenols is 1. The molecule has 0 aliphatic rings. The zero-order valence-electron chi connectivity index (χ0n) is 10.3. The van der Waals surface area contributed by atoms with Gasteiger partial charge < -0.3 is 5.11 Å². The topological polar surface area (TPSA) is 63.4 Å². The minimum atomic E-state index is -0.436. The van der Waals surface area contributed by atoms with E-state index in [1.165, 1.54) is 6.07 Å². The number of halogens is 1. The predicted octanol–water partition coefficient (Wildman–Crippen LogP) is 3.96. The number of nitro benzene ring substituents is 1. The molecule has 0 aromatic heterocycles. The van der Waals surface area contributed by atoms with E-state index in [0.717, 1.165) is 5.56 Å². The van der Waals surface area contributed by atoms with Gasteiger partial charge >= 0.3 is 0 Å². The number of phenolic OH excluding ortho intramolecular Hbond substituents is 1. The molecule has 0 bridgehead atoms. The van der Waals surface area contributed by atoms with Gasteiger partial charge in [0.15, 0.2) is 0 Å². The highest BCUT2D eigenvalue weighted by Gasteiger charge is 2.20. The maximum atomic E-state index is 11.0. The monoisotopic (exact) mass is 321 g/mol. The van der Waals surface area contributed by atoms with Crippen LogP contribution in [0.4, 0.5) is 5.69 Å². The van der Waals surface area contributed by atoms with Crippen LogP contribution in [0.1, 0.15) is 16.7 Å². The Kier molecular flexibility index (Phi) is 3.85. The van der Waals surface area contributed by atoms with Crippen molar-refractivity contribution in [3.8, 4) is 5.75 Å². The Labute approximate surface area is 119 Å². The number of nitro groups is 1. The lowest BCUT2D eigenvalue weighted by atomic mass is 9.98. The molecule has 0 heterocycles. The summed E-state index contributed by atoms with van der Waals surface area (Å²) in [5.41, 5.74) is 2.07. The molecule has 0 saturated heterocycles. The largest absolute Gasteiger partial charge is 0.506 e. The van der Waals surface area contributed by atoms with Gasteiger partial charge in [-0.05, 0) is 28.4 Å². The maximum absolute atomic E-state index is 11.0. The molecule has 0 radical (unpaired) electrons. The van der Waals surface area contributed by atoms with Crippen molar-refractivity contribution >= 4 is 21.6 Å². The van der Waals surface area contributed by atoms with Crippen molar-refractivity contribution in [2.24, 2.45) is 0 Å². The molecule has 2 aromatic rings. The van der Waals surface area contributed by atoms with Crippen LogP contribution in [-0.4, -0.2) is 10.0 Å². The first-order chi connectivity index (χ1) is 9.00. The molecule has 2 aromatic carbocycles. The van der Waals surface area contributed by atoms with Crippen LogP contribution in [0, 0.1) is 17.0 Å². The predicted molar refractivity (Wildman–Crippen MR) is 76.4 cm³/mol. The van der Waals surface area contributed by atoms with Crippen molar-refractivity contribution < 1.29 is 10.0 Å². The summed E-state index contributed by atoms with van der Waals surface area (Å²) in [4.78, 5) is 10.6. The van der Waals surface area contributed by atoms with E-state index in [0.29, 0.717) is 22.0 Å². The van der Waals surface area contributed by atoms with Gasteiger partial charge in [0, 0.05) is 23.6 Å². The molecule has 0 aliphatic carbocycles. The van der Waals surface area contributed by atoms with Gasteiger partial charge in [-0.25, -0.2) is 0 Å². The summed E-state index contributed by atoms with van der Waals surface area (Å²) >= 11 is 3.16. The third kappa shape index (κ3) is 2.76. The molecule has 0 fully saturated rings. The SMILES string of the molecule is Cc1c([N+](=O)[O-])cc(Br)c(O)c1Cc1ccccc1. The molecule has 0 amide bonds. The summed E-state index contributed by atoms with van der Waals surface area (Å²) in [5, 5.41) is 21.1. The van der Waals surface area contributed by atoms with Gasteiger partial charge in [0.05, 0.1) is 9.40 Å². The number of rotatable bonds is 3. The number of hydrogen-bond donors (Lipinski definition) is 1. The summed E-state index contributed by atoms with van der Waals surface area (Å²) < 4.78 is 0.343. The third-order valence-corrected chi connectivity index (χ3v) is 3.64. The summed E-state index contributed by atoms with van der Waals surface area (Å²) in [6.07, 6.45) is 0.457. The van der Waals surface area contributed by atoms with Crippen LogP contribution < -0.4 is 0 Å². The minimum absolute atomic E-state index is 0.00982. The third-order valence-electron chi connectivity index (χ3n) is 3.03. The van der Waals surface area contributed by atoms with Crippen molar-refractivity contribution in [3.63, 3.8) is 0 Å². The Hall–Kier alpha value is -1.88. The summed E-state index contributed by atoms with van der Waals surface area (Å²) in [6.45, 7) is 1.66. The Morgan fingerprint density at radius 3 is 2.53 bits per heavy atom. The molecule has 5 heteroatoms. The fourth-order valence-electron chi connectivity index (χ4n) is 1.98. The lowest BCUT2D eigenvalue weighted by molar-refractivity contribution is -0.385. The zero-order valence-corrected chi connectivity index (χ0v) is 11.8. The van der Waals surface area contributed by atoms with E-state index in [1.54, 1.807) is 6.92 Å². The highest BCUT2D eigenvalue weighted by atomic mass is 79.9. The number of benzene rings is 2. The first-order valence-electron chi connectivity index (χ1n) is 5.70. The number of nitrogens with zero attached hydrogens (tertiary/aromatic N) is 1. The Balaban J connectivity index is 2.53. The molecule has 98 valence electrons. The second-order valence-corrected chi connectivity index (χ2v) is 5.10. The van der Waals surface area contributed by atoms with Crippen molar-refractivity contribution in [2.45, 2.75) is 13.3 Å². The second-order valence-electron chi connectivity index (χ2n) is 4.25. The second kappa shape index (κ2) is 5.40. The van der Waals surface area contributed by atoms with E-state index < -0.39 is 4.92 Å². The highest BCUT2D eigenvalue weighted by Crippen LogP contribution is 2.37. The van der Waals surface area contributed by atoms with Crippen molar-refractivity contribution in [3.05, 3.63) is 67.7 Å². The smallest absolute Gasteiger partial charge is 0.273 e. The van der Waals surface area contributed by atoms with Gasteiger partial charge in [-0.1, -0.05) is 30.3 Å². The number of aromatic hydroxyl groups is 1. The Morgan fingerprint density at radius 2 is 1.95 bits per heavy atom. The summed E-state index contributed by atoms with van der Waals surface area (Å²) in [6, 6.07) is 10.9. The van der Waals surface area contributed by atoms with Gasteiger partial charge in [-0.2, -0.15) is 0 Å². The lowest BCUT2D eigenvalue weighted by Crippen LogP contribution is -1.99. The lowest BCUT2D eigenvalue weighted by Gasteiger charge is -2.11. The Morgan fingerprint density at radius 1 is 1.32 bits per heavy atom. The Bertz CT molecular complexity index is 626. The summed E-state index contributed by atoms with van der Waals surface area (Å²) in [7, 11) is 0. The van der Waals surface area contributed by atoms with Gasteiger partial charge in [0.1, 0.15) is 5.75 Å². The van der Waals surface area contributed by atoms with Crippen molar-refractivity contribution in [2.75, 3.05) is 0 Å². The maximum Gasteiger partial charge on any atom is 0.273 e. The van der Waals surface area contributed by atoms with Crippen LogP contribution in [0.25, 0.3) is 0 Å². The summed E-state index contributed by atoms with van der Waals surface area (Å²) in [5.74, 6) is 0.0620. The quantitative estimate of drug-likeness (QED) is 0.687. The van der Waals surface area contributed by atoms with E-state index >= 15 is 0 Å². The van der Waals surface area contributed by atoms with E-state index in [9.17, 15) is 15.2 Å². The first-order valence-corrected chi connectivity index (χ1v) is 6.49. The molecular formula is C14H12BrNO3. The van der Waals surface area contributed by atoms with Crippen molar-refractivity contribution in [1.82, 2.24) is 0 Å². The zero-order chi connectivity index (χ0) is 14.0. The van der Waals surface area contributed by atoms with Crippen LogP contribution in [0.15, 0.2) is 40.9 Å². The first kappa shape index (κ1) is 13.5. The van der Waals surface area contributed by atoms with Gasteiger partial charge in [-0.15, -0.1) is 0 Å². The fourth-order valence-corrected chi connectivity index (χ4v) is 2.44. The van der Waals surface area contributed by atoms with E-state index in [4.69, 9.17) is 0 Å². The van der Waals surface area contributed by atoms with E-state index in [-0.39, 0.29) is 11.4 Å².